The van der Waals surface area contributed by atoms with Gasteiger partial charge in [0.15, 0.2) is 17.9 Å². The summed E-state index contributed by atoms with van der Waals surface area (Å²) in [6.45, 7) is 11.9. The lowest BCUT2D eigenvalue weighted by Gasteiger charge is -2.17. The van der Waals surface area contributed by atoms with Crippen LogP contribution in [-0.2, 0) is 9.53 Å². The van der Waals surface area contributed by atoms with E-state index in [1.807, 2.05) is 45.0 Å². The average molecular weight is 352 g/mol. The van der Waals surface area contributed by atoms with Crippen LogP contribution in [0.1, 0.15) is 27.7 Å². The van der Waals surface area contributed by atoms with Crippen molar-refractivity contribution in [1.29, 1.82) is 0 Å². The van der Waals surface area contributed by atoms with Crippen LogP contribution >= 0.6 is 0 Å². The molecule has 0 spiro atoms. The third-order valence-corrected chi connectivity index (χ3v) is 3.07. The highest BCUT2D eigenvalue weighted by atomic mass is 16.6. The minimum absolute atomic E-state index is 0.616. The summed E-state index contributed by atoms with van der Waals surface area (Å²) in [6.07, 6.45) is 2.33. The van der Waals surface area contributed by atoms with Crippen molar-refractivity contribution in [2.45, 2.75) is 27.7 Å². The van der Waals surface area contributed by atoms with E-state index in [1.165, 1.54) is 6.40 Å². The van der Waals surface area contributed by atoms with E-state index in [2.05, 4.69) is 11.9 Å². The number of carbonyl (C=O) groups excluding carboxylic acids is 1. The predicted octanol–water partition coefficient (Wildman–Crippen LogP) is 3.26. The molecule has 1 aromatic rings. The lowest BCUT2D eigenvalue weighted by molar-refractivity contribution is -0.116. The second-order valence-electron chi connectivity index (χ2n) is 5.23. The maximum Gasteiger partial charge on any atom is 0.209 e. The number of carbonyl (C=O) groups is 1. The van der Waals surface area contributed by atoms with Gasteiger partial charge in [0, 0.05) is 26.1 Å². The van der Waals surface area contributed by atoms with E-state index < -0.39 is 0 Å². The van der Waals surface area contributed by atoms with Gasteiger partial charge in [-0.1, -0.05) is 32.9 Å². The molecule has 1 aromatic carbocycles. The Hall–Kier alpha value is -2.24. The second kappa shape index (κ2) is 15.3. The van der Waals surface area contributed by atoms with Gasteiger partial charge in [-0.2, -0.15) is 0 Å². The molecule has 0 radical (unpaired) electrons. The van der Waals surface area contributed by atoms with Crippen molar-refractivity contribution < 1.29 is 19.0 Å². The van der Waals surface area contributed by atoms with Crippen LogP contribution in [0.3, 0.4) is 0 Å². The van der Waals surface area contributed by atoms with Crippen molar-refractivity contribution in [3.63, 3.8) is 0 Å². The lowest BCUT2D eigenvalue weighted by Crippen LogP contribution is -2.14. The molecule has 0 saturated heterocycles. The fourth-order valence-electron chi connectivity index (χ4n) is 1.60. The van der Waals surface area contributed by atoms with E-state index in [9.17, 15) is 4.79 Å². The van der Waals surface area contributed by atoms with Crippen molar-refractivity contribution >= 4 is 12.8 Å². The summed E-state index contributed by atoms with van der Waals surface area (Å²) in [5.74, 6) is 2.33. The van der Waals surface area contributed by atoms with Crippen LogP contribution in [0, 0.1) is 5.92 Å². The van der Waals surface area contributed by atoms with E-state index >= 15 is 0 Å². The highest BCUT2D eigenvalue weighted by Crippen LogP contribution is 2.28. The van der Waals surface area contributed by atoms with Gasteiger partial charge in [0.25, 0.3) is 0 Å². The van der Waals surface area contributed by atoms with Gasteiger partial charge in [0.05, 0.1) is 6.61 Å². The quantitative estimate of drug-likeness (QED) is 0.767. The number of fused-ring (bicyclic) bond motifs is 1. The number of rotatable bonds is 2. The summed E-state index contributed by atoms with van der Waals surface area (Å²) in [5, 5.41) is 0. The Morgan fingerprint density at radius 3 is 2.04 bits per heavy atom. The number of nitrogens with zero attached hydrogens (tertiary/aromatic N) is 2. The van der Waals surface area contributed by atoms with Crippen molar-refractivity contribution in [1.82, 2.24) is 4.90 Å². The first-order valence-corrected chi connectivity index (χ1v) is 8.77. The SMILES string of the molecule is CC.CCN(C)C=O.C[C@H]1CN=COC1.c1ccc2c(c1)OCCO2. The molecular formula is C19H32N2O4. The van der Waals surface area contributed by atoms with Crippen LogP contribution in [-0.4, -0.2) is 57.7 Å². The number of hydrogen-bond acceptors (Lipinski definition) is 5. The standard InChI is InChI=1S/C8H8O2.C5H9NO.C4H9NO.C2H6/c1-2-4-8-7(3-1)9-5-6-10-8;1-5-2-6-4-7-3-5;1-3-5(2)4-6;1-2/h1-4H,5-6H2;4-5H,2-3H2,1H3;4H,3H2,1-2H3;1-2H3/t;5-;;/m.0../s1. The van der Waals surface area contributed by atoms with Crippen LogP contribution in [0.2, 0.25) is 0 Å². The van der Waals surface area contributed by atoms with Gasteiger partial charge < -0.3 is 19.1 Å². The molecular weight excluding hydrogens is 320 g/mol. The molecule has 1 atom stereocenters. The summed E-state index contributed by atoms with van der Waals surface area (Å²) in [4.78, 5) is 15.1. The van der Waals surface area contributed by atoms with E-state index in [0.717, 1.165) is 37.6 Å². The van der Waals surface area contributed by atoms with Gasteiger partial charge >= 0.3 is 0 Å². The molecule has 6 heteroatoms. The van der Waals surface area contributed by atoms with Crippen molar-refractivity contribution in [3.05, 3.63) is 24.3 Å². The molecule has 25 heavy (non-hydrogen) atoms. The van der Waals surface area contributed by atoms with Crippen molar-refractivity contribution in [3.8, 4) is 11.5 Å². The molecule has 3 rings (SSSR count). The Morgan fingerprint density at radius 2 is 1.76 bits per heavy atom. The Balaban J connectivity index is 0.000000343. The lowest BCUT2D eigenvalue weighted by atomic mass is 10.2. The fourth-order valence-corrected chi connectivity index (χ4v) is 1.60. The molecule has 0 saturated carbocycles. The Labute approximate surface area is 151 Å². The zero-order valence-corrected chi connectivity index (χ0v) is 16.1. The Bertz CT molecular complexity index is 455. The van der Waals surface area contributed by atoms with Crippen LogP contribution in [0.25, 0.3) is 0 Å². The summed E-state index contributed by atoms with van der Waals surface area (Å²) in [5.41, 5.74) is 0. The van der Waals surface area contributed by atoms with Gasteiger partial charge in [-0.3, -0.25) is 9.79 Å². The molecule has 0 fully saturated rings. The summed E-state index contributed by atoms with van der Waals surface area (Å²) in [6, 6.07) is 7.70. The predicted molar refractivity (Wildman–Crippen MR) is 102 cm³/mol. The minimum Gasteiger partial charge on any atom is -0.486 e. The van der Waals surface area contributed by atoms with Crippen LogP contribution in [0.5, 0.6) is 11.5 Å². The van der Waals surface area contributed by atoms with Gasteiger partial charge in [0.2, 0.25) is 6.41 Å². The molecule has 2 aliphatic rings. The number of para-hydroxylation sites is 2. The van der Waals surface area contributed by atoms with E-state index in [4.69, 9.17) is 14.2 Å². The largest absolute Gasteiger partial charge is 0.486 e. The Morgan fingerprint density at radius 1 is 1.20 bits per heavy atom. The second-order valence-corrected chi connectivity index (χ2v) is 5.23. The summed E-state index contributed by atoms with van der Waals surface area (Å²) < 4.78 is 15.5. The first kappa shape index (κ1) is 22.8. The molecule has 142 valence electrons. The summed E-state index contributed by atoms with van der Waals surface area (Å²) in [7, 11) is 1.74. The molecule has 0 unspecified atom stereocenters. The van der Waals surface area contributed by atoms with Gasteiger partial charge in [-0.15, -0.1) is 0 Å². The van der Waals surface area contributed by atoms with Crippen molar-refractivity contribution in [2.75, 3.05) is 40.0 Å². The number of amides is 1. The zero-order chi connectivity index (χ0) is 18.9. The number of benzene rings is 1. The third-order valence-electron chi connectivity index (χ3n) is 3.07. The van der Waals surface area contributed by atoms with Gasteiger partial charge in [0.1, 0.15) is 13.2 Å². The number of ether oxygens (including phenoxy) is 3. The molecule has 0 N–H and O–H groups in total. The number of hydrogen-bond donors (Lipinski definition) is 0. The first-order valence-electron chi connectivity index (χ1n) is 8.77. The topological polar surface area (TPSA) is 60.4 Å². The van der Waals surface area contributed by atoms with Crippen LogP contribution in [0.4, 0.5) is 0 Å². The van der Waals surface area contributed by atoms with E-state index in [0.29, 0.717) is 19.1 Å². The molecule has 0 aliphatic carbocycles. The monoisotopic (exact) mass is 352 g/mol. The highest BCUT2D eigenvalue weighted by molar-refractivity contribution is 5.47. The normalized spacial score (nSPS) is 16.3. The maximum absolute atomic E-state index is 9.66. The number of aliphatic imine (C=N–C) groups is 1. The molecule has 2 aliphatic heterocycles. The summed E-state index contributed by atoms with van der Waals surface area (Å²) >= 11 is 0. The Kier molecular flexibility index (Phi) is 13.9. The molecule has 0 aromatic heterocycles. The first-order chi connectivity index (χ1) is 12.2. The molecule has 6 nitrogen and oxygen atoms in total. The average Bonchev–Trinajstić information content (AvgIpc) is 2.70. The van der Waals surface area contributed by atoms with Gasteiger partial charge in [-0.05, 0) is 19.1 Å². The fraction of sp³-hybridized carbons (Fsp3) is 0.579. The zero-order valence-electron chi connectivity index (χ0n) is 16.1. The van der Waals surface area contributed by atoms with E-state index in [-0.39, 0.29) is 0 Å². The highest BCUT2D eigenvalue weighted by Gasteiger charge is 2.08. The van der Waals surface area contributed by atoms with Crippen LogP contribution in [0.15, 0.2) is 29.3 Å². The minimum atomic E-state index is 0.616. The molecule has 2 heterocycles. The smallest absolute Gasteiger partial charge is 0.209 e. The maximum atomic E-state index is 9.66. The molecule has 1 amide bonds. The molecule has 0 bridgehead atoms. The van der Waals surface area contributed by atoms with E-state index in [1.54, 1.807) is 11.9 Å². The van der Waals surface area contributed by atoms with Crippen molar-refractivity contribution in [2.24, 2.45) is 10.9 Å². The third kappa shape index (κ3) is 11.0. The van der Waals surface area contributed by atoms with Gasteiger partial charge in [-0.25, -0.2) is 0 Å². The van der Waals surface area contributed by atoms with Crippen LogP contribution < -0.4 is 9.47 Å².